The first kappa shape index (κ1) is 34.1. The summed E-state index contributed by atoms with van der Waals surface area (Å²) < 4.78 is 5.30. The van der Waals surface area contributed by atoms with Crippen LogP contribution in [0.5, 0.6) is 0 Å². The van der Waals surface area contributed by atoms with E-state index in [1.807, 2.05) is 0 Å². The summed E-state index contributed by atoms with van der Waals surface area (Å²) in [5, 5.41) is 0. The molecule has 0 saturated carbocycles. The molecular weight excluding hydrogens is 508 g/mol. The lowest BCUT2D eigenvalue weighted by molar-refractivity contribution is -0.710. The first-order valence-electron chi connectivity index (χ1n) is 17.9. The van der Waals surface area contributed by atoms with Gasteiger partial charge < -0.3 is 0 Å². The summed E-state index contributed by atoms with van der Waals surface area (Å²) in [6.45, 7) is 9.28. The van der Waals surface area contributed by atoms with E-state index < -0.39 is 0 Å². The van der Waals surface area contributed by atoms with Gasteiger partial charge >= 0.3 is 0 Å². The summed E-state index contributed by atoms with van der Waals surface area (Å²) in [4.78, 5) is 0. The van der Waals surface area contributed by atoms with Crippen LogP contribution in [-0.2, 0) is 25.9 Å². The van der Waals surface area contributed by atoms with Gasteiger partial charge in [0.15, 0.2) is 0 Å². The molecule has 0 fully saturated rings. The van der Waals surface area contributed by atoms with E-state index in [1.165, 1.54) is 132 Å². The highest BCUT2D eigenvalue weighted by Crippen LogP contribution is 2.21. The van der Waals surface area contributed by atoms with E-state index >= 15 is 0 Å². The van der Waals surface area contributed by atoms with Crippen molar-refractivity contribution in [2.45, 2.75) is 162 Å². The first-order valence-corrected chi connectivity index (χ1v) is 17.9. The quantitative estimate of drug-likeness (QED) is 0.0747. The lowest BCUT2D eigenvalue weighted by Crippen LogP contribution is -2.41. The van der Waals surface area contributed by atoms with E-state index in [9.17, 15) is 0 Å². The highest BCUT2D eigenvalue weighted by atomic mass is 15.2. The van der Waals surface area contributed by atoms with E-state index in [4.69, 9.17) is 0 Å². The molecule has 1 aromatic heterocycles. The zero-order valence-electron chi connectivity index (χ0n) is 27.7. The highest BCUT2D eigenvalue weighted by Gasteiger charge is 2.24. The van der Waals surface area contributed by atoms with Gasteiger partial charge in [0.25, 0.3) is 5.82 Å². The number of aromatic nitrogens is 2. The molecule has 2 aromatic carbocycles. The van der Waals surface area contributed by atoms with Crippen LogP contribution in [0.1, 0.15) is 158 Å². The predicted octanol–water partition coefficient (Wildman–Crippen LogP) is 11.4. The summed E-state index contributed by atoms with van der Waals surface area (Å²) in [5.74, 6) is 2.01. The number of nitrogens with zero attached hydrogens (tertiary/aromatic N) is 2. The van der Waals surface area contributed by atoms with Crippen LogP contribution in [0.15, 0.2) is 66.9 Å². The summed E-state index contributed by atoms with van der Waals surface area (Å²) in [7, 11) is 0. The Morgan fingerprint density at radius 2 is 1.10 bits per heavy atom. The number of aryl methyl sites for hydroxylation is 1. The van der Waals surface area contributed by atoms with Gasteiger partial charge in [0.1, 0.15) is 11.9 Å². The Morgan fingerprint density at radius 3 is 1.64 bits per heavy atom. The number of hydrogen-bond donors (Lipinski definition) is 0. The van der Waals surface area contributed by atoms with Crippen molar-refractivity contribution in [3.8, 4) is 0 Å². The Labute approximate surface area is 260 Å². The monoisotopic (exact) mass is 571 g/mol. The van der Waals surface area contributed by atoms with Crippen molar-refractivity contribution in [3.05, 3.63) is 89.5 Å². The second-order valence-corrected chi connectivity index (χ2v) is 12.9. The fourth-order valence-electron chi connectivity index (χ4n) is 6.43. The molecule has 232 valence electrons. The summed E-state index contributed by atoms with van der Waals surface area (Å²) >= 11 is 0. The van der Waals surface area contributed by atoms with E-state index in [2.05, 4.69) is 96.8 Å². The lowest BCUT2D eigenvalue weighted by atomic mass is 9.96. The fourth-order valence-corrected chi connectivity index (χ4v) is 6.43. The average molecular weight is 572 g/mol. The zero-order chi connectivity index (χ0) is 29.7. The van der Waals surface area contributed by atoms with Crippen molar-refractivity contribution in [3.63, 3.8) is 0 Å². The van der Waals surface area contributed by atoms with Crippen LogP contribution in [0.2, 0.25) is 0 Å². The average Bonchev–Trinajstić information content (AvgIpc) is 3.33. The number of benzene rings is 2. The second-order valence-electron chi connectivity index (χ2n) is 12.9. The normalized spacial score (nSPS) is 12.2. The maximum atomic E-state index is 2.68. The van der Waals surface area contributed by atoms with Crippen LogP contribution >= 0.6 is 0 Å². The first-order chi connectivity index (χ1) is 20.7. The molecule has 1 atom stereocenters. The Morgan fingerprint density at radius 1 is 0.595 bits per heavy atom. The van der Waals surface area contributed by atoms with Crippen molar-refractivity contribution in [2.24, 2.45) is 0 Å². The number of unbranched alkanes of at least 4 members (excludes halogenated alkanes) is 15. The molecule has 1 unspecified atom stereocenters. The van der Waals surface area contributed by atoms with Crippen molar-refractivity contribution < 1.29 is 4.57 Å². The fraction of sp³-hybridized carbons (Fsp3) is 0.625. The number of hydrogen-bond acceptors (Lipinski definition) is 0. The predicted molar refractivity (Wildman–Crippen MR) is 182 cm³/mol. The molecule has 0 spiro atoms. The van der Waals surface area contributed by atoms with Gasteiger partial charge in [0, 0.05) is 6.42 Å². The van der Waals surface area contributed by atoms with Crippen LogP contribution < -0.4 is 4.57 Å². The van der Waals surface area contributed by atoms with E-state index in [1.54, 1.807) is 0 Å². The van der Waals surface area contributed by atoms with Gasteiger partial charge in [-0.15, -0.1) is 0 Å². The smallest absolute Gasteiger partial charge is 0.234 e. The highest BCUT2D eigenvalue weighted by molar-refractivity contribution is 5.21. The van der Waals surface area contributed by atoms with Gasteiger partial charge in [-0.3, -0.25) is 0 Å². The molecule has 0 radical (unpaired) electrons. The summed E-state index contributed by atoms with van der Waals surface area (Å²) in [6, 6.07) is 22.2. The van der Waals surface area contributed by atoms with Gasteiger partial charge in [-0.05, 0) is 36.3 Å². The molecule has 1 heterocycles. The second kappa shape index (κ2) is 21.4. The van der Waals surface area contributed by atoms with E-state index in [-0.39, 0.29) is 0 Å². The zero-order valence-corrected chi connectivity index (χ0v) is 27.7. The minimum atomic E-state index is 0.519. The van der Waals surface area contributed by atoms with Crippen molar-refractivity contribution in [2.75, 3.05) is 0 Å². The summed E-state index contributed by atoms with van der Waals surface area (Å²) in [5.41, 5.74) is 4.37. The molecule has 2 nitrogen and oxygen atoms in total. The molecule has 0 aliphatic carbocycles. The largest absolute Gasteiger partial charge is 0.261 e. The Balaban J connectivity index is 1.49. The van der Waals surface area contributed by atoms with Gasteiger partial charge in [-0.2, -0.15) is 0 Å². The molecule has 2 heteroatoms. The van der Waals surface area contributed by atoms with Crippen LogP contribution in [0, 0.1) is 0 Å². The minimum Gasteiger partial charge on any atom is -0.234 e. The molecule has 3 aromatic rings. The number of rotatable bonds is 24. The van der Waals surface area contributed by atoms with Gasteiger partial charge in [-0.1, -0.05) is 171 Å². The Bertz CT molecular complexity index is 1050. The molecule has 3 rings (SSSR count). The Hall–Kier alpha value is -2.35. The molecule has 0 saturated heterocycles. The molecular formula is C40H63N2+. The molecule has 0 amide bonds. The Kier molecular flexibility index (Phi) is 17.4. The van der Waals surface area contributed by atoms with E-state index in [0.717, 1.165) is 25.9 Å². The standard InChI is InChI=1S/C40H63N2/c1-4-6-8-9-10-11-12-13-14-15-16-17-18-19-26-31-41-35-39(33-36(3)38-29-24-21-25-30-38)42(32-7-5-2)40(41)34-37-27-22-20-23-28-37/h20-25,27-30,35-36H,4-19,26,31-34H2,1-3H3/q+1. The number of imidazole rings is 1. The SMILES string of the molecule is CCCCCCCCCCCCCCCCCn1cc(CC(C)c2ccccc2)[n+](CCCC)c1Cc1ccccc1. The van der Waals surface area contributed by atoms with Crippen LogP contribution in [0.3, 0.4) is 0 Å². The van der Waals surface area contributed by atoms with Gasteiger partial charge in [0.05, 0.1) is 19.5 Å². The molecule has 0 aliphatic rings. The molecule has 0 bridgehead atoms. The van der Waals surface area contributed by atoms with Crippen LogP contribution in [-0.4, -0.2) is 4.57 Å². The van der Waals surface area contributed by atoms with Crippen LogP contribution in [0.4, 0.5) is 0 Å². The topological polar surface area (TPSA) is 8.81 Å². The lowest BCUT2D eigenvalue weighted by Gasteiger charge is -2.11. The van der Waals surface area contributed by atoms with Crippen LogP contribution in [0.25, 0.3) is 0 Å². The third kappa shape index (κ3) is 12.9. The van der Waals surface area contributed by atoms with E-state index in [0.29, 0.717) is 5.92 Å². The van der Waals surface area contributed by atoms with Crippen molar-refractivity contribution in [1.82, 2.24) is 4.57 Å². The maximum absolute atomic E-state index is 2.68. The minimum absolute atomic E-state index is 0.519. The summed E-state index contributed by atoms with van der Waals surface area (Å²) in [6.07, 6.45) is 28.4. The molecule has 0 N–H and O–H groups in total. The van der Waals surface area contributed by atoms with Gasteiger partial charge in [0.2, 0.25) is 0 Å². The van der Waals surface area contributed by atoms with Crippen molar-refractivity contribution in [1.29, 1.82) is 0 Å². The third-order valence-electron chi connectivity index (χ3n) is 9.12. The molecule has 42 heavy (non-hydrogen) atoms. The van der Waals surface area contributed by atoms with Gasteiger partial charge in [-0.25, -0.2) is 9.13 Å². The third-order valence-corrected chi connectivity index (χ3v) is 9.12. The van der Waals surface area contributed by atoms with Crippen molar-refractivity contribution >= 4 is 0 Å². The maximum Gasteiger partial charge on any atom is 0.261 e. The molecule has 0 aliphatic heterocycles.